The van der Waals surface area contributed by atoms with E-state index in [1.54, 1.807) is 17.8 Å². The number of halogens is 1. The second-order valence-corrected chi connectivity index (χ2v) is 7.00. The van der Waals surface area contributed by atoms with Crippen molar-refractivity contribution in [1.29, 1.82) is 0 Å². The number of fused-ring (bicyclic) bond motifs is 1. The second kappa shape index (κ2) is 7.51. The highest BCUT2D eigenvalue weighted by Gasteiger charge is 2.12. The molecule has 0 bridgehead atoms. The Labute approximate surface area is 154 Å². The molecule has 0 aliphatic heterocycles. The van der Waals surface area contributed by atoms with Crippen LogP contribution in [0.15, 0.2) is 29.3 Å². The third-order valence-electron chi connectivity index (χ3n) is 3.84. The number of carbonyl (C=O) groups excluding carboxylic acids is 1. The van der Waals surface area contributed by atoms with E-state index in [9.17, 15) is 4.79 Å². The molecule has 6 nitrogen and oxygen atoms in total. The molecule has 25 heavy (non-hydrogen) atoms. The van der Waals surface area contributed by atoms with Crippen LogP contribution in [0.4, 0.5) is 0 Å². The second-order valence-electron chi connectivity index (χ2n) is 5.56. The summed E-state index contributed by atoms with van der Waals surface area (Å²) in [6.45, 7) is 5.66. The zero-order valence-electron chi connectivity index (χ0n) is 14.3. The van der Waals surface area contributed by atoms with Crippen molar-refractivity contribution in [1.82, 2.24) is 14.3 Å². The Morgan fingerprint density at radius 2 is 2.20 bits per heavy atom. The predicted octanol–water partition coefficient (Wildman–Crippen LogP) is 3.18. The van der Waals surface area contributed by atoms with E-state index in [-0.39, 0.29) is 5.91 Å². The Balaban J connectivity index is 2.06. The van der Waals surface area contributed by atoms with Crippen LogP contribution < -0.4 is 4.80 Å². The van der Waals surface area contributed by atoms with Crippen LogP contribution in [0.5, 0.6) is 0 Å². The standard InChI is InChI=1S/C17H19ClN4O2S/c1-4-24-8-7-22-14-6-5-12(18)10-15(14)25-17(22)19-16(23)13-9-11(2)21(3)20-13/h5-6,9-10H,4,7-8H2,1-3H3. The summed E-state index contributed by atoms with van der Waals surface area (Å²) in [4.78, 5) is 17.4. The summed E-state index contributed by atoms with van der Waals surface area (Å²) in [5, 5.41) is 4.86. The molecular weight excluding hydrogens is 360 g/mol. The van der Waals surface area contributed by atoms with Crippen LogP contribution in [0.1, 0.15) is 23.1 Å². The van der Waals surface area contributed by atoms with Gasteiger partial charge in [0.1, 0.15) is 0 Å². The number of hydrogen-bond donors (Lipinski definition) is 0. The number of carbonyl (C=O) groups is 1. The quantitative estimate of drug-likeness (QED) is 0.640. The summed E-state index contributed by atoms with van der Waals surface area (Å²) in [6.07, 6.45) is 0. The molecule has 0 saturated carbocycles. The average molecular weight is 379 g/mol. The summed E-state index contributed by atoms with van der Waals surface area (Å²) in [5.41, 5.74) is 2.23. The van der Waals surface area contributed by atoms with E-state index in [0.29, 0.717) is 35.3 Å². The fourth-order valence-corrected chi connectivity index (χ4v) is 3.79. The number of hydrogen-bond acceptors (Lipinski definition) is 4. The summed E-state index contributed by atoms with van der Waals surface area (Å²) in [5.74, 6) is -0.355. The van der Waals surface area contributed by atoms with Crippen molar-refractivity contribution in [2.75, 3.05) is 13.2 Å². The number of rotatable bonds is 5. The van der Waals surface area contributed by atoms with Crippen molar-refractivity contribution in [3.63, 3.8) is 0 Å². The highest BCUT2D eigenvalue weighted by molar-refractivity contribution is 7.16. The number of benzene rings is 1. The van der Waals surface area contributed by atoms with Gasteiger partial charge in [0.05, 0.1) is 16.8 Å². The predicted molar refractivity (Wildman–Crippen MR) is 99.2 cm³/mol. The maximum absolute atomic E-state index is 12.5. The van der Waals surface area contributed by atoms with Crippen LogP contribution >= 0.6 is 22.9 Å². The Hall–Kier alpha value is -1.96. The van der Waals surface area contributed by atoms with Gasteiger partial charge < -0.3 is 9.30 Å². The molecule has 2 aromatic heterocycles. The Kier molecular flexibility index (Phi) is 5.36. The molecule has 0 aliphatic rings. The van der Waals surface area contributed by atoms with E-state index in [0.717, 1.165) is 15.9 Å². The minimum absolute atomic E-state index is 0.340. The fourth-order valence-electron chi connectivity index (χ4n) is 2.46. The summed E-state index contributed by atoms with van der Waals surface area (Å²) >= 11 is 7.52. The van der Waals surface area contributed by atoms with Gasteiger partial charge in [0, 0.05) is 30.9 Å². The van der Waals surface area contributed by atoms with E-state index < -0.39 is 0 Å². The van der Waals surface area contributed by atoms with Gasteiger partial charge in [0.15, 0.2) is 10.5 Å². The number of aryl methyl sites for hydroxylation is 2. The van der Waals surface area contributed by atoms with Gasteiger partial charge in [0.25, 0.3) is 5.91 Å². The lowest BCUT2D eigenvalue weighted by molar-refractivity contribution is 0.0991. The van der Waals surface area contributed by atoms with E-state index >= 15 is 0 Å². The highest BCUT2D eigenvalue weighted by Crippen LogP contribution is 2.22. The van der Waals surface area contributed by atoms with Crippen LogP contribution in [-0.2, 0) is 18.3 Å². The van der Waals surface area contributed by atoms with Gasteiger partial charge in [-0.05, 0) is 38.1 Å². The number of aromatic nitrogens is 3. The van der Waals surface area contributed by atoms with Crippen LogP contribution in [0.25, 0.3) is 10.2 Å². The van der Waals surface area contributed by atoms with Crippen LogP contribution in [-0.4, -0.2) is 33.5 Å². The minimum atomic E-state index is -0.355. The molecule has 132 valence electrons. The molecular formula is C17H19ClN4O2S. The third-order valence-corrected chi connectivity index (χ3v) is 5.11. The molecule has 2 heterocycles. The lowest BCUT2D eigenvalue weighted by Gasteiger charge is -2.05. The number of amides is 1. The van der Waals surface area contributed by atoms with Gasteiger partial charge in [-0.1, -0.05) is 22.9 Å². The smallest absolute Gasteiger partial charge is 0.300 e. The molecule has 0 fully saturated rings. The first-order chi connectivity index (χ1) is 12.0. The monoisotopic (exact) mass is 378 g/mol. The van der Waals surface area contributed by atoms with Crippen molar-refractivity contribution in [3.8, 4) is 0 Å². The molecule has 0 spiro atoms. The van der Waals surface area contributed by atoms with Crippen LogP contribution in [0, 0.1) is 6.92 Å². The number of ether oxygens (including phenoxy) is 1. The van der Waals surface area contributed by atoms with E-state index in [1.165, 1.54) is 11.3 Å². The molecule has 0 atom stereocenters. The maximum atomic E-state index is 12.5. The Bertz CT molecular complexity index is 967. The topological polar surface area (TPSA) is 61.4 Å². The van der Waals surface area contributed by atoms with Crippen molar-refractivity contribution >= 4 is 39.1 Å². The molecule has 0 radical (unpaired) electrons. The van der Waals surface area contributed by atoms with Crippen LogP contribution in [0.2, 0.25) is 5.02 Å². The summed E-state index contributed by atoms with van der Waals surface area (Å²) in [7, 11) is 1.80. The minimum Gasteiger partial charge on any atom is -0.380 e. The van der Waals surface area contributed by atoms with E-state index in [2.05, 4.69) is 10.1 Å². The first-order valence-electron chi connectivity index (χ1n) is 7.96. The molecule has 1 amide bonds. The van der Waals surface area contributed by atoms with Crippen molar-refractivity contribution < 1.29 is 9.53 Å². The SMILES string of the molecule is CCOCCn1c(=NC(=O)c2cc(C)n(C)n2)sc2cc(Cl)ccc21. The highest BCUT2D eigenvalue weighted by atomic mass is 35.5. The molecule has 0 N–H and O–H groups in total. The Morgan fingerprint density at radius 3 is 2.88 bits per heavy atom. The molecule has 1 aromatic carbocycles. The van der Waals surface area contributed by atoms with Crippen molar-refractivity contribution in [3.05, 3.63) is 45.5 Å². The van der Waals surface area contributed by atoms with Crippen molar-refractivity contribution in [2.24, 2.45) is 12.0 Å². The van der Waals surface area contributed by atoms with E-state index in [1.807, 2.05) is 36.6 Å². The van der Waals surface area contributed by atoms with E-state index in [4.69, 9.17) is 16.3 Å². The van der Waals surface area contributed by atoms with Gasteiger partial charge >= 0.3 is 0 Å². The lowest BCUT2D eigenvalue weighted by Crippen LogP contribution is -2.20. The largest absolute Gasteiger partial charge is 0.380 e. The fraction of sp³-hybridized carbons (Fsp3) is 0.353. The van der Waals surface area contributed by atoms with Gasteiger partial charge in [-0.15, -0.1) is 0 Å². The van der Waals surface area contributed by atoms with Crippen molar-refractivity contribution in [2.45, 2.75) is 20.4 Å². The first-order valence-corrected chi connectivity index (χ1v) is 9.15. The third kappa shape index (κ3) is 3.84. The molecule has 8 heteroatoms. The van der Waals surface area contributed by atoms with Crippen LogP contribution in [0.3, 0.4) is 0 Å². The molecule has 0 aliphatic carbocycles. The van der Waals surface area contributed by atoms with Gasteiger partial charge in [-0.3, -0.25) is 9.48 Å². The van der Waals surface area contributed by atoms with Gasteiger partial charge in [-0.25, -0.2) is 0 Å². The average Bonchev–Trinajstić information content (AvgIpc) is 3.08. The number of thiazole rings is 1. The summed E-state index contributed by atoms with van der Waals surface area (Å²) < 4.78 is 10.1. The zero-order valence-corrected chi connectivity index (χ0v) is 15.9. The first kappa shape index (κ1) is 17.8. The number of nitrogens with zero attached hydrogens (tertiary/aromatic N) is 4. The summed E-state index contributed by atoms with van der Waals surface area (Å²) in [6, 6.07) is 7.39. The molecule has 0 saturated heterocycles. The van der Waals surface area contributed by atoms with Gasteiger partial charge in [-0.2, -0.15) is 10.1 Å². The maximum Gasteiger partial charge on any atom is 0.300 e. The molecule has 0 unspecified atom stereocenters. The van der Waals surface area contributed by atoms with Gasteiger partial charge in [0.2, 0.25) is 0 Å². The molecule has 3 rings (SSSR count). The normalized spacial score (nSPS) is 12.2. The Morgan fingerprint density at radius 1 is 1.40 bits per heavy atom. The molecule has 3 aromatic rings. The zero-order chi connectivity index (χ0) is 18.0. The lowest BCUT2D eigenvalue weighted by atomic mass is 10.3.